The number of carbonyl (C=O) groups is 1. The van der Waals surface area contributed by atoms with Crippen molar-refractivity contribution >= 4 is 28.5 Å². The van der Waals surface area contributed by atoms with E-state index in [9.17, 15) is 15.0 Å². The Bertz CT molecular complexity index is 1190. The van der Waals surface area contributed by atoms with Gasteiger partial charge in [-0.05, 0) is 111 Å². The summed E-state index contributed by atoms with van der Waals surface area (Å²) in [6.45, 7) is 2.76. The second-order valence-corrected chi connectivity index (χ2v) is 10.6. The minimum absolute atomic E-state index is 0.0978. The van der Waals surface area contributed by atoms with Crippen LogP contribution in [0.5, 0.6) is 5.75 Å². The fraction of sp³-hybridized carbons (Fsp3) is 0.467. The molecule has 37 heavy (non-hydrogen) atoms. The van der Waals surface area contributed by atoms with E-state index in [0.29, 0.717) is 6.42 Å². The maximum Gasteiger partial charge on any atom is 0.303 e. The summed E-state index contributed by atoms with van der Waals surface area (Å²) in [6.07, 6.45) is 6.79. The van der Waals surface area contributed by atoms with Crippen molar-refractivity contribution in [2.24, 2.45) is 11.8 Å². The zero-order valence-electron chi connectivity index (χ0n) is 21.5. The largest absolute Gasteiger partial charge is 0.497 e. The number of fused-ring (bicyclic) bond motifs is 1. The van der Waals surface area contributed by atoms with E-state index >= 15 is 0 Å². The number of rotatable bonds is 12. The fourth-order valence-corrected chi connectivity index (χ4v) is 5.86. The Hall–Kier alpha value is -2.67. The average molecular weight is 525 g/mol. The maximum atomic E-state index is 11.6. The molecule has 0 radical (unpaired) electrons. The Kier molecular flexibility index (Phi) is 9.78. The van der Waals surface area contributed by atoms with Gasteiger partial charge in [-0.15, -0.1) is 0 Å². The lowest BCUT2D eigenvalue weighted by Gasteiger charge is -2.38. The number of aryl methyl sites for hydroxylation is 1. The molecule has 0 saturated carbocycles. The van der Waals surface area contributed by atoms with Gasteiger partial charge < -0.3 is 19.8 Å². The molecule has 3 aromatic rings. The number of unbranched alkanes of at least 4 members (excludes halogenated alkanes) is 1. The highest BCUT2D eigenvalue weighted by atomic mass is 35.5. The number of halogens is 1. The van der Waals surface area contributed by atoms with Crippen LogP contribution in [-0.2, 0) is 11.2 Å². The zero-order valence-corrected chi connectivity index (χ0v) is 22.2. The van der Waals surface area contributed by atoms with Gasteiger partial charge in [-0.25, -0.2) is 0 Å². The fourth-order valence-electron chi connectivity index (χ4n) is 5.64. The first-order valence-corrected chi connectivity index (χ1v) is 13.6. The highest BCUT2D eigenvalue weighted by molar-refractivity contribution is 6.30. The molecule has 0 amide bonds. The molecule has 0 unspecified atom stereocenters. The molecule has 0 aliphatic carbocycles. The summed E-state index contributed by atoms with van der Waals surface area (Å²) in [7, 11) is 1.63. The lowest BCUT2D eigenvalue weighted by molar-refractivity contribution is -0.139. The second kappa shape index (κ2) is 13.2. The van der Waals surface area contributed by atoms with Crippen molar-refractivity contribution in [2.75, 3.05) is 26.7 Å². The van der Waals surface area contributed by atoms with Crippen molar-refractivity contribution in [2.45, 2.75) is 51.0 Å². The van der Waals surface area contributed by atoms with Crippen LogP contribution in [0, 0.1) is 11.8 Å². The summed E-state index contributed by atoms with van der Waals surface area (Å²) in [5.74, 6) is 0.373. The van der Waals surface area contributed by atoms with Gasteiger partial charge in [-0.3, -0.25) is 9.78 Å². The number of hydrogen-bond donors (Lipinski definition) is 2. The zero-order chi connectivity index (χ0) is 26.2. The van der Waals surface area contributed by atoms with Crippen LogP contribution in [-0.4, -0.2) is 52.8 Å². The van der Waals surface area contributed by atoms with E-state index in [1.807, 2.05) is 42.5 Å². The van der Waals surface area contributed by atoms with Crippen LogP contribution in [0.25, 0.3) is 10.9 Å². The number of likely N-dealkylation sites (tertiary alicyclic amines) is 1. The van der Waals surface area contributed by atoms with E-state index in [0.717, 1.165) is 79.0 Å². The van der Waals surface area contributed by atoms with Crippen LogP contribution < -0.4 is 4.74 Å². The third-order valence-corrected chi connectivity index (χ3v) is 7.88. The predicted octanol–water partition coefficient (Wildman–Crippen LogP) is 6.15. The topological polar surface area (TPSA) is 82.9 Å². The second-order valence-electron chi connectivity index (χ2n) is 10.2. The summed E-state index contributed by atoms with van der Waals surface area (Å²) in [6, 6.07) is 15.6. The molecule has 1 aliphatic heterocycles. The van der Waals surface area contributed by atoms with E-state index in [1.165, 1.54) is 5.56 Å². The quantitative estimate of drug-likeness (QED) is 0.277. The van der Waals surface area contributed by atoms with Crippen molar-refractivity contribution in [3.05, 3.63) is 70.9 Å². The van der Waals surface area contributed by atoms with Gasteiger partial charge in [0.05, 0.1) is 18.7 Å². The molecule has 0 spiro atoms. The standard InChI is InChI=1S/C30H37ClN2O4/c1-37-25-9-10-28-27(19-25)26(12-14-32-28)29(34)11-8-22-13-16-33(20-23(22)18-30(35)36)15-3-2-5-21-6-4-7-24(31)17-21/h4,6-7,9-10,12,14,17,19,22-23,29,34H,2-3,5,8,11,13,15-16,18,20H2,1H3,(H,35,36)/t22-,23+,29+/m1/s1. The first-order chi connectivity index (χ1) is 17.9. The first kappa shape index (κ1) is 27.4. The van der Waals surface area contributed by atoms with Gasteiger partial charge in [0.2, 0.25) is 0 Å². The Balaban J connectivity index is 1.31. The van der Waals surface area contributed by atoms with Crippen molar-refractivity contribution in [3.63, 3.8) is 0 Å². The van der Waals surface area contributed by atoms with E-state index in [1.54, 1.807) is 13.3 Å². The number of carboxylic acids is 1. The number of aliphatic carboxylic acids is 1. The van der Waals surface area contributed by atoms with Crippen LogP contribution in [0.2, 0.25) is 5.02 Å². The van der Waals surface area contributed by atoms with Crippen molar-refractivity contribution < 1.29 is 19.7 Å². The normalized spacial score (nSPS) is 19.1. The number of benzene rings is 2. The Labute approximate surface area is 224 Å². The highest BCUT2D eigenvalue weighted by Gasteiger charge is 2.31. The monoisotopic (exact) mass is 524 g/mol. The Morgan fingerprint density at radius 3 is 2.84 bits per heavy atom. The lowest BCUT2D eigenvalue weighted by atomic mass is 9.79. The average Bonchev–Trinajstić information content (AvgIpc) is 2.89. The molecule has 198 valence electrons. The van der Waals surface area contributed by atoms with Gasteiger partial charge in [0.25, 0.3) is 0 Å². The van der Waals surface area contributed by atoms with Gasteiger partial charge in [0, 0.05) is 29.6 Å². The number of methoxy groups -OCH3 is 1. The molecule has 6 nitrogen and oxygen atoms in total. The number of ether oxygens (including phenoxy) is 1. The number of nitrogens with zero attached hydrogens (tertiary/aromatic N) is 2. The van der Waals surface area contributed by atoms with Crippen molar-refractivity contribution in [1.29, 1.82) is 0 Å². The molecular weight excluding hydrogens is 488 g/mol. The smallest absolute Gasteiger partial charge is 0.303 e. The molecule has 3 atom stereocenters. The number of aliphatic hydroxyl groups excluding tert-OH is 1. The summed E-state index contributed by atoms with van der Waals surface area (Å²) in [5.41, 5.74) is 2.93. The number of aliphatic hydroxyl groups is 1. The minimum Gasteiger partial charge on any atom is -0.497 e. The van der Waals surface area contributed by atoms with Gasteiger partial charge in [-0.2, -0.15) is 0 Å². The molecule has 1 fully saturated rings. The van der Waals surface area contributed by atoms with Gasteiger partial charge >= 0.3 is 5.97 Å². The molecular formula is C30H37ClN2O4. The minimum atomic E-state index is -0.745. The Morgan fingerprint density at radius 2 is 2.05 bits per heavy atom. The number of hydrogen-bond acceptors (Lipinski definition) is 5. The number of pyridine rings is 1. The number of piperidine rings is 1. The van der Waals surface area contributed by atoms with Crippen LogP contribution in [0.1, 0.15) is 55.8 Å². The molecule has 2 N–H and O–H groups in total. The predicted molar refractivity (Wildman–Crippen MR) is 147 cm³/mol. The van der Waals surface area contributed by atoms with E-state index < -0.39 is 12.1 Å². The van der Waals surface area contributed by atoms with Crippen molar-refractivity contribution in [1.82, 2.24) is 9.88 Å². The van der Waals surface area contributed by atoms with Crippen LogP contribution in [0.4, 0.5) is 0 Å². The van der Waals surface area contributed by atoms with Gasteiger partial charge in [-0.1, -0.05) is 23.7 Å². The molecule has 1 aromatic heterocycles. The van der Waals surface area contributed by atoms with Crippen molar-refractivity contribution in [3.8, 4) is 5.75 Å². The SMILES string of the molecule is COc1ccc2nccc([C@@H](O)CC[C@@H]3CCN(CCCCc4cccc(Cl)c4)C[C@@H]3CC(=O)O)c2c1. The lowest BCUT2D eigenvalue weighted by Crippen LogP contribution is -2.41. The van der Waals surface area contributed by atoms with E-state index in [4.69, 9.17) is 16.3 Å². The van der Waals surface area contributed by atoms with Crippen LogP contribution >= 0.6 is 11.6 Å². The molecule has 1 saturated heterocycles. The number of aromatic nitrogens is 1. The third kappa shape index (κ3) is 7.67. The van der Waals surface area contributed by atoms with E-state index in [-0.39, 0.29) is 18.3 Å². The number of carboxylic acid groups (broad SMARTS) is 1. The third-order valence-electron chi connectivity index (χ3n) is 7.64. The molecule has 2 heterocycles. The summed E-state index contributed by atoms with van der Waals surface area (Å²) in [5, 5.41) is 22.3. The molecule has 2 aromatic carbocycles. The highest BCUT2D eigenvalue weighted by Crippen LogP contribution is 2.35. The van der Waals surface area contributed by atoms with Crippen LogP contribution in [0.15, 0.2) is 54.7 Å². The maximum absolute atomic E-state index is 11.6. The molecule has 7 heteroatoms. The molecule has 4 rings (SSSR count). The summed E-state index contributed by atoms with van der Waals surface area (Å²) < 4.78 is 5.36. The first-order valence-electron chi connectivity index (χ1n) is 13.2. The molecule has 1 aliphatic rings. The van der Waals surface area contributed by atoms with Gasteiger partial charge in [0.1, 0.15) is 5.75 Å². The van der Waals surface area contributed by atoms with E-state index in [2.05, 4.69) is 16.0 Å². The van der Waals surface area contributed by atoms with Gasteiger partial charge in [0.15, 0.2) is 0 Å². The summed E-state index contributed by atoms with van der Waals surface area (Å²) >= 11 is 6.09. The molecule has 0 bridgehead atoms. The Morgan fingerprint density at radius 1 is 1.19 bits per heavy atom. The van der Waals surface area contributed by atoms with Crippen LogP contribution in [0.3, 0.4) is 0 Å². The summed E-state index contributed by atoms with van der Waals surface area (Å²) in [4.78, 5) is 18.5.